The van der Waals surface area contributed by atoms with Gasteiger partial charge >= 0.3 is 0 Å². The lowest BCUT2D eigenvalue weighted by molar-refractivity contribution is 0.184. The van der Waals surface area contributed by atoms with Crippen LogP contribution in [0.3, 0.4) is 0 Å². The molecular weight excluding hydrogens is 270 g/mol. The highest BCUT2D eigenvalue weighted by Crippen LogP contribution is 2.26. The lowest BCUT2D eigenvalue weighted by atomic mass is 10.0. The first-order valence-corrected chi connectivity index (χ1v) is 6.93. The quantitative estimate of drug-likeness (QED) is 0.655. The normalized spacial score (nSPS) is 11.0. The molecule has 0 fully saturated rings. The molecule has 3 heteroatoms. The lowest BCUT2D eigenvalue weighted by Gasteiger charge is -2.07. The smallest absolute Gasteiger partial charge is 0.228 e. The van der Waals surface area contributed by atoms with Crippen LogP contribution in [0.1, 0.15) is 18.9 Å². The van der Waals surface area contributed by atoms with Crippen molar-refractivity contribution in [2.75, 3.05) is 6.86 Å². The van der Waals surface area contributed by atoms with Gasteiger partial charge in [0, 0.05) is 0 Å². The first kappa shape index (κ1) is 15.2. The zero-order valence-electron chi connectivity index (χ0n) is 12.0. The van der Waals surface area contributed by atoms with E-state index in [4.69, 9.17) is 0 Å². The summed E-state index contributed by atoms with van der Waals surface area (Å²) in [5.74, 6) is -0.619. The second-order valence-electron chi connectivity index (χ2n) is 4.70. The summed E-state index contributed by atoms with van der Waals surface area (Å²) in [6, 6.07) is 12.6. The molecule has 110 valence electrons. The van der Waals surface area contributed by atoms with Crippen molar-refractivity contribution >= 4 is 0 Å². The molecule has 0 radical (unpaired) electrons. The molecule has 0 atom stereocenters. The second kappa shape index (κ2) is 7.58. The number of alkyl halides is 1. The minimum absolute atomic E-state index is 0.0655. The summed E-state index contributed by atoms with van der Waals surface area (Å²) >= 11 is 0. The maximum absolute atomic E-state index is 13.7. The van der Waals surface area contributed by atoms with Crippen molar-refractivity contribution in [3.05, 3.63) is 66.0 Å². The molecule has 0 aliphatic heterocycles. The second-order valence-corrected chi connectivity index (χ2v) is 4.70. The number of halogens is 2. The molecule has 2 rings (SSSR count). The van der Waals surface area contributed by atoms with E-state index < -0.39 is 12.7 Å². The van der Waals surface area contributed by atoms with Crippen LogP contribution < -0.4 is 4.74 Å². The molecule has 0 aliphatic carbocycles. The molecule has 2 aromatic rings. The fourth-order valence-electron chi connectivity index (χ4n) is 2.14. The average molecular weight is 288 g/mol. The lowest BCUT2D eigenvalue weighted by Crippen LogP contribution is -1.93. The van der Waals surface area contributed by atoms with Gasteiger partial charge in [0.2, 0.25) is 6.86 Å². The number of benzene rings is 2. The molecule has 21 heavy (non-hydrogen) atoms. The summed E-state index contributed by atoms with van der Waals surface area (Å²) in [4.78, 5) is 0. The summed E-state index contributed by atoms with van der Waals surface area (Å²) < 4.78 is 30.3. The average Bonchev–Trinajstić information content (AvgIpc) is 2.50. The van der Waals surface area contributed by atoms with Gasteiger partial charge in [0.15, 0.2) is 11.6 Å². The first-order chi connectivity index (χ1) is 10.2. The Kier molecular flexibility index (Phi) is 5.50. The van der Waals surface area contributed by atoms with Crippen LogP contribution >= 0.6 is 0 Å². The van der Waals surface area contributed by atoms with Gasteiger partial charge in [-0.3, -0.25) is 0 Å². The van der Waals surface area contributed by atoms with Crippen LogP contribution in [0.4, 0.5) is 8.78 Å². The van der Waals surface area contributed by atoms with E-state index in [2.05, 4.69) is 10.8 Å². The summed E-state index contributed by atoms with van der Waals surface area (Å²) in [7, 11) is 0. The van der Waals surface area contributed by atoms with E-state index in [1.165, 1.54) is 17.7 Å². The van der Waals surface area contributed by atoms with Crippen LogP contribution in [0.5, 0.6) is 5.75 Å². The van der Waals surface area contributed by atoms with Gasteiger partial charge in [-0.2, -0.15) is 0 Å². The predicted octanol–water partition coefficient (Wildman–Crippen LogP) is 5.31. The summed E-state index contributed by atoms with van der Waals surface area (Å²) in [5, 5.41) is 0. The topological polar surface area (TPSA) is 9.23 Å². The number of aryl methyl sites for hydroxylation is 1. The van der Waals surface area contributed by atoms with E-state index in [0.717, 1.165) is 24.0 Å². The van der Waals surface area contributed by atoms with Crippen molar-refractivity contribution in [1.82, 2.24) is 0 Å². The molecule has 0 N–H and O–H groups in total. The van der Waals surface area contributed by atoms with Crippen molar-refractivity contribution < 1.29 is 13.5 Å². The van der Waals surface area contributed by atoms with Gasteiger partial charge in [0.25, 0.3) is 0 Å². The van der Waals surface area contributed by atoms with E-state index in [-0.39, 0.29) is 5.75 Å². The maximum atomic E-state index is 13.7. The molecule has 1 nitrogen and oxygen atoms in total. The van der Waals surface area contributed by atoms with Crippen molar-refractivity contribution in [3.8, 4) is 16.9 Å². The van der Waals surface area contributed by atoms with Crippen LogP contribution in [-0.2, 0) is 6.42 Å². The van der Waals surface area contributed by atoms with Crippen molar-refractivity contribution in [1.29, 1.82) is 0 Å². The van der Waals surface area contributed by atoms with E-state index in [0.29, 0.717) is 0 Å². The van der Waals surface area contributed by atoms with E-state index in [1.54, 1.807) is 6.07 Å². The third-order valence-electron chi connectivity index (χ3n) is 3.26. The maximum Gasteiger partial charge on any atom is 0.228 e. The molecule has 0 saturated heterocycles. The zero-order valence-corrected chi connectivity index (χ0v) is 12.0. The van der Waals surface area contributed by atoms with Gasteiger partial charge in [0.05, 0.1) is 0 Å². The van der Waals surface area contributed by atoms with Gasteiger partial charge in [-0.25, -0.2) is 8.78 Å². The number of hydrogen-bond donors (Lipinski definition) is 0. The van der Waals surface area contributed by atoms with Crippen molar-refractivity contribution in [2.24, 2.45) is 0 Å². The van der Waals surface area contributed by atoms with E-state index in [9.17, 15) is 8.78 Å². The fourth-order valence-corrected chi connectivity index (χ4v) is 2.14. The third kappa shape index (κ3) is 4.15. The fraction of sp³-hybridized carbons (Fsp3) is 0.222. The summed E-state index contributed by atoms with van der Waals surface area (Å²) in [5.41, 5.74) is 2.92. The SMILES string of the molecule is C/C=C/CCc1ccc(-c2ccc(OCF)c(F)c2)cc1. The van der Waals surface area contributed by atoms with Crippen LogP contribution in [-0.4, -0.2) is 6.86 Å². The Morgan fingerprint density at radius 2 is 1.76 bits per heavy atom. The molecule has 0 heterocycles. The molecule has 0 saturated carbocycles. The Balaban J connectivity index is 2.13. The largest absolute Gasteiger partial charge is 0.460 e. The Labute approximate surface area is 123 Å². The highest BCUT2D eigenvalue weighted by Gasteiger charge is 2.06. The Morgan fingerprint density at radius 1 is 1.05 bits per heavy atom. The van der Waals surface area contributed by atoms with Crippen LogP contribution in [0.25, 0.3) is 11.1 Å². The number of rotatable bonds is 6. The molecule has 0 bridgehead atoms. The van der Waals surface area contributed by atoms with Gasteiger partial charge in [-0.1, -0.05) is 42.5 Å². The van der Waals surface area contributed by atoms with Gasteiger partial charge in [-0.15, -0.1) is 0 Å². The number of allylic oxidation sites excluding steroid dienone is 2. The third-order valence-corrected chi connectivity index (χ3v) is 3.26. The van der Waals surface area contributed by atoms with E-state index >= 15 is 0 Å². The van der Waals surface area contributed by atoms with E-state index in [1.807, 2.05) is 37.3 Å². The van der Waals surface area contributed by atoms with Crippen molar-refractivity contribution in [3.63, 3.8) is 0 Å². The van der Waals surface area contributed by atoms with Gasteiger partial charge < -0.3 is 4.74 Å². The summed E-state index contributed by atoms with van der Waals surface area (Å²) in [6.07, 6.45) is 6.17. The van der Waals surface area contributed by atoms with Crippen LogP contribution in [0.2, 0.25) is 0 Å². The summed E-state index contributed by atoms with van der Waals surface area (Å²) in [6.45, 7) is 0.977. The highest BCUT2D eigenvalue weighted by atomic mass is 19.1. The van der Waals surface area contributed by atoms with Crippen LogP contribution in [0, 0.1) is 5.82 Å². The Hall–Kier alpha value is -2.16. The standard InChI is InChI=1S/C18H18F2O/c1-2-3-4-5-14-6-8-15(9-7-14)16-10-11-18(21-13-19)17(20)12-16/h2-3,6-12H,4-5,13H2,1H3/b3-2+. The molecular formula is C18H18F2O. The Morgan fingerprint density at radius 3 is 2.38 bits per heavy atom. The highest BCUT2D eigenvalue weighted by molar-refractivity contribution is 5.64. The molecule has 2 aromatic carbocycles. The molecule has 0 unspecified atom stereocenters. The number of ether oxygens (including phenoxy) is 1. The Bertz CT molecular complexity index is 603. The molecule has 0 aliphatic rings. The van der Waals surface area contributed by atoms with Crippen LogP contribution in [0.15, 0.2) is 54.6 Å². The van der Waals surface area contributed by atoms with Gasteiger partial charge in [0.1, 0.15) is 0 Å². The predicted molar refractivity (Wildman–Crippen MR) is 81.6 cm³/mol. The minimum Gasteiger partial charge on any atom is -0.460 e. The van der Waals surface area contributed by atoms with Crippen molar-refractivity contribution in [2.45, 2.75) is 19.8 Å². The monoisotopic (exact) mass is 288 g/mol. The minimum atomic E-state index is -1.03. The zero-order chi connectivity index (χ0) is 15.1. The molecule has 0 aromatic heterocycles. The first-order valence-electron chi connectivity index (χ1n) is 6.93. The van der Waals surface area contributed by atoms with Gasteiger partial charge in [-0.05, 0) is 48.6 Å². The number of hydrogen-bond acceptors (Lipinski definition) is 1. The molecule has 0 amide bonds. The molecule has 0 spiro atoms.